The fraction of sp³-hybridized carbons (Fsp3) is 0.429. The number of carboxylic acids is 1. The Labute approximate surface area is 216 Å². The Balaban J connectivity index is 1.84. The molecule has 9 nitrogen and oxygen atoms in total. The molecule has 37 heavy (non-hydrogen) atoms. The third-order valence-corrected chi connectivity index (χ3v) is 6.27. The van der Waals surface area contributed by atoms with Gasteiger partial charge in [0.15, 0.2) is 5.78 Å². The summed E-state index contributed by atoms with van der Waals surface area (Å²) in [7, 11) is 0. The molecule has 2 aromatic carbocycles. The van der Waals surface area contributed by atoms with Gasteiger partial charge in [-0.3, -0.25) is 14.5 Å². The zero-order valence-corrected chi connectivity index (χ0v) is 21.1. The molecule has 0 bridgehead atoms. The molecule has 1 aliphatic rings. The molecule has 3 atom stereocenters. The number of ketones is 1. The first-order chi connectivity index (χ1) is 17.8. The van der Waals surface area contributed by atoms with Gasteiger partial charge in [0.25, 0.3) is 0 Å². The van der Waals surface area contributed by atoms with Crippen LogP contribution in [0.4, 0.5) is 4.79 Å². The van der Waals surface area contributed by atoms with Crippen molar-refractivity contribution < 1.29 is 38.5 Å². The van der Waals surface area contributed by atoms with Crippen LogP contribution in [0, 0.1) is 11.8 Å². The van der Waals surface area contributed by atoms with E-state index < -0.39 is 42.3 Å². The Morgan fingerprint density at radius 3 is 2.30 bits per heavy atom. The first kappa shape index (κ1) is 27.7. The second-order valence-corrected chi connectivity index (χ2v) is 8.85. The predicted molar refractivity (Wildman–Crippen MR) is 134 cm³/mol. The molecular formula is C28H33NO8. The normalized spacial score (nSPS) is 18.8. The van der Waals surface area contributed by atoms with Crippen LogP contribution in [0.1, 0.15) is 49.0 Å². The maximum absolute atomic E-state index is 13.5. The van der Waals surface area contributed by atoms with Crippen LogP contribution in [-0.2, 0) is 25.7 Å². The maximum atomic E-state index is 13.5. The van der Waals surface area contributed by atoms with Crippen LogP contribution in [-0.4, -0.2) is 59.6 Å². The van der Waals surface area contributed by atoms with E-state index in [4.69, 9.17) is 14.2 Å². The highest BCUT2D eigenvalue weighted by Crippen LogP contribution is 2.36. The number of benzene rings is 2. The van der Waals surface area contributed by atoms with Crippen molar-refractivity contribution in [1.82, 2.24) is 4.90 Å². The second kappa shape index (κ2) is 13.4. The lowest BCUT2D eigenvalue weighted by atomic mass is 9.82. The summed E-state index contributed by atoms with van der Waals surface area (Å²) in [6, 6.07) is 14.3. The highest BCUT2D eigenvalue weighted by molar-refractivity contribution is 6.00. The zero-order chi connectivity index (χ0) is 26.8. The summed E-state index contributed by atoms with van der Waals surface area (Å²) in [5.41, 5.74) is 1.09. The Morgan fingerprint density at radius 1 is 0.973 bits per heavy atom. The van der Waals surface area contributed by atoms with Crippen LogP contribution < -0.4 is 4.74 Å². The van der Waals surface area contributed by atoms with E-state index in [0.29, 0.717) is 17.9 Å². The van der Waals surface area contributed by atoms with Crippen LogP contribution >= 0.6 is 0 Å². The number of esters is 1. The molecule has 0 aliphatic carbocycles. The van der Waals surface area contributed by atoms with Gasteiger partial charge in [-0.05, 0) is 43.2 Å². The van der Waals surface area contributed by atoms with E-state index in [2.05, 4.69) is 6.92 Å². The third kappa shape index (κ3) is 7.31. The minimum absolute atomic E-state index is 0.0343. The van der Waals surface area contributed by atoms with E-state index in [1.165, 1.54) is 0 Å². The molecule has 0 spiro atoms. The van der Waals surface area contributed by atoms with Crippen molar-refractivity contribution in [3.63, 3.8) is 0 Å². The standard InChI is InChI=1S/C28H33NO8/c1-3-5-15-36-21-13-11-20(12-14-21)26(32)23-17-29(28(34)37-18-19-9-7-6-8-10-19)25(27(33)35-4-2)22(23)16-24(30)31/h6-14,22-23,25H,3-5,15-18H2,1-2H3,(H,30,31)/t22-,23-,25-/m0/s1. The lowest BCUT2D eigenvalue weighted by Crippen LogP contribution is -2.45. The Hall–Kier alpha value is -3.88. The number of likely N-dealkylation sites (tertiary alicyclic amines) is 1. The highest BCUT2D eigenvalue weighted by atomic mass is 16.6. The van der Waals surface area contributed by atoms with Gasteiger partial charge in [0.2, 0.25) is 0 Å². The van der Waals surface area contributed by atoms with Gasteiger partial charge >= 0.3 is 18.0 Å². The van der Waals surface area contributed by atoms with Gasteiger partial charge in [0.05, 0.1) is 19.6 Å². The molecular weight excluding hydrogens is 478 g/mol. The molecule has 198 valence electrons. The number of aliphatic carboxylic acids is 1. The topological polar surface area (TPSA) is 119 Å². The van der Waals surface area contributed by atoms with E-state index in [9.17, 15) is 24.3 Å². The van der Waals surface area contributed by atoms with Crippen molar-refractivity contribution >= 4 is 23.8 Å². The van der Waals surface area contributed by atoms with Crippen molar-refractivity contribution in [1.29, 1.82) is 0 Å². The molecule has 0 radical (unpaired) electrons. The monoisotopic (exact) mass is 511 g/mol. The fourth-order valence-corrected chi connectivity index (χ4v) is 4.43. The van der Waals surface area contributed by atoms with Crippen molar-refractivity contribution in [3.8, 4) is 5.75 Å². The van der Waals surface area contributed by atoms with Gasteiger partial charge in [0, 0.05) is 23.9 Å². The molecule has 1 fully saturated rings. The molecule has 1 N–H and O–H groups in total. The molecule has 2 aromatic rings. The number of carbonyl (C=O) groups excluding carboxylic acids is 3. The summed E-state index contributed by atoms with van der Waals surface area (Å²) in [5, 5.41) is 9.57. The van der Waals surface area contributed by atoms with E-state index in [0.717, 1.165) is 23.3 Å². The van der Waals surface area contributed by atoms with Crippen LogP contribution in [0.15, 0.2) is 54.6 Å². The summed E-state index contributed by atoms with van der Waals surface area (Å²) in [6.07, 6.45) is 0.605. The predicted octanol–water partition coefficient (Wildman–Crippen LogP) is 4.34. The summed E-state index contributed by atoms with van der Waals surface area (Å²) in [6.45, 7) is 4.08. The lowest BCUT2D eigenvalue weighted by Gasteiger charge is -2.25. The van der Waals surface area contributed by atoms with Gasteiger partial charge in [0.1, 0.15) is 18.4 Å². The minimum atomic E-state index is -1.26. The molecule has 9 heteroatoms. The number of unbranched alkanes of at least 4 members (excludes halogenated alkanes) is 1. The lowest BCUT2D eigenvalue weighted by molar-refractivity contribution is -0.150. The number of carboxylic acid groups (broad SMARTS) is 1. The van der Waals surface area contributed by atoms with Crippen LogP contribution in [0.3, 0.4) is 0 Å². The second-order valence-electron chi connectivity index (χ2n) is 8.85. The number of carbonyl (C=O) groups is 4. The number of Topliss-reactive ketones (excluding diaryl/α,β-unsaturated/α-hetero) is 1. The molecule has 3 rings (SSSR count). The molecule has 0 saturated carbocycles. The zero-order valence-electron chi connectivity index (χ0n) is 21.1. The summed E-state index contributed by atoms with van der Waals surface area (Å²) in [4.78, 5) is 52.3. The first-order valence-corrected chi connectivity index (χ1v) is 12.5. The maximum Gasteiger partial charge on any atom is 0.410 e. The quantitative estimate of drug-likeness (QED) is 0.254. The molecule has 1 saturated heterocycles. The number of hydrogen-bond donors (Lipinski definition) is 1. The molecule has 0 aromatic heterocycles. The average molecular weight is 512 g/mol. The van der Waals surface area contributed by atoms with Gasteiger partial charge in [-0.25, -0.2) is 9.59 Å². The molecule has 1 heterocycles. The van der Waals surface area contributed by atoms with E-state index in [1.807, 2.05) is 6.07 Å². The molecule has 1 aliphatic heterocycles. The Morgan fingerprint density at radius 2 is 1.68 bits per heavy atom. The number of rotatable bonds is 12. The average Bonchev–Trinajstić information content (AvgIpc) is 3.26. The third-order valence-electron chi connectivity index (χ3n) is 6.27. The van der Waals surface area contributed by atoms with Crippen molar-refractivity contribution in [2.45, 2.75) is 45.8 Å². The highest BCUT2D eigenvalue weighted by Gasteiger charge is 2.52. The van der Waals surface area contributed by atoms with Gasteiger partial charge < -0.3 is 19.3 Å². The van der Waals surface area contributed by atoms with Crippen molar-refractivity contribution in [2.24, 2.45) is 11.8 Å². The smallest absolute Gasteiger partial charge is 0.410 e. The molecule has 1 amide bonds. The van der Waals surface area contributed by atoms with Gasteiger partial charge in [-0.2, -0.15) is 0 Å². The number of amides is 1. The summed E-state index contributed by atoms with van der Waals surface area (Å²) >= 11 is 0. The van der Waals surface area contributed by atoms with Gasteiger partial charge in [-0.15, -0.1) is 0 Å². The number of nitrogens with zero attached hydrogens (tertiary/aromatic N) is 1. The van der Waals surface area contributed by atoms with Crippen molar-refractivity contribution in [2.75, 3.05) is 19.8 Å². The largest absolute Gasteiger partial charge is 0.494 e. The van der Waals surface area contributed by atoms with Gasteiger partial charge in [-0.1, -0.05) is 43.7 Å². The van der Waals surface area contributed by atoms with Crippen molar-refractivity contribution in [3.05, 3.63) is 65.7 Å². The van der Waals surface area contributed by atoms with Crippen LogP contribution in [0.25, 0.3) is 0 Å². The van der Waals surface area contributed by atoms with Crippen LogP contribution in [0.5, 0.6) is 5.75 Å². The Bertz CT molecular complexity index is 1070. The molecule has 0 unspecified atom stereocenters. The number of ether oxygens (including phenoxy) is 3. The fourth-order valence-electron chi connectivity index (χ4n) is 4.43. The van der Waals surface area contributed by atoms with Crippen LogP contribution in [0.2, 0.25) is 0 Å². The van der Waals surface area contributed by atoms with E-state index in [1.54, 1.807) is 55.5 Å². The van der Waals surface area contributed by atoms with E-state index in [-0.39, 0.29) is 25.5 Å². The minimum Gasteiger partial charge on any atom is -0.494 e. The number of hydrogen-bond acceptors (Lipinski definition) is 7. The summed E-state index contributed by atoms with van der Waals surface area (Å²) < 4.78 is 16.2. The summed E-state index contributed by atoms with van der Waals surface area (Å²) in [5.74, 6) is -3.60. The Kier molecular flexibility index (Phi) is 10.1. The van der Waals surface area contributed by atoms with E-state index >= 15 is 0 Å². The first-order valence-electron chi connectivity index (χ1n) is 12.5. The SMILES string of the molecule is CCCCOc1ccc(C(=O)[C@H]2CN(C(=O)OCc3ccccc3)[C@H](C(=O)OCC)[C@H]2CC(=O)O)cc1.